The Morgan fingerprint density at radius 3 is 2.45 bits per heavy atom. The number of benzene rings is 2. The Balaban J connectivity index is 2.02. The topological polar surface area (TPSA) is 71.8 Å². The highest BCUT2D eigenvalue weighted by atomic mass is 19.1. The molecule has 6 heteroatoms. The van der Waals surface area contributed by atoms with Crippen LogP contribution < -0.4 is 0 Å². The van der Waals surface area contributed by atoms with Crippen molar-refractivity contribution < 1.29 is 19.0 Å². The molecule has 158 valence electrons. The second-order valence-corrected chi connectivity index (χ2v) is 6.94. The van der Waals surface area contributed by atoms with Gasteiger partial charge in [-0.3, -0.25) is 9.98 Å². The van der Waals surface area contributed by atoms with E-state index in [-0.39, 0.29) is 17.7 Å². The van der Waals surface area contributed by atoms with Gasteiger partial charge in [0.1, 0.15) is 17.1 Å². The first kappa shape index (κ1) is 21.9. The molecule has 0 amide bonds. The van der Waals surface area contributed by atoms with Gasteiger partial charge in [-0.15, -0.1) is 0 Å². The summed E-state index contributed by atoms with van der Waals surface area (Å²) in [5.41, 5.74) is 3.82. The van der Waals surface area contributed by atoms with Crippen LogP contribution >= 0.6 is 0 Å². The van der Waals surface area contributed by atoms with Gasteiger partial charge in [0, 0.05) is 18.6 Å². The van der Waals surface area contributed by atoms with Crippen LogP contribution in [0, 0.1) is 19.7 Å². The minimum absolute atomic E-state index is 0.108. The van der Waals surface area contributed by atoms with E-state index in [0.717, 1.165) is 16.7 Å². The maximum atomic E-state index is 14.8. The van der Waals surface area contributed by atoms with Gasteiger partial charge in [-0.05, 0) is 79.4 Å². The highest BCUT2D eigenvalue weighted by Crippen LogP contribution is 2.26. The van der Waals surface area contributed by atoms with Crippen molar-refractivity contribution in [2.24, 2.45) is 4.99 Å². The number of ether oxygens (including phenoxy) is 1. The minimum Gasteiger partial charge on any atom is -0.506 e. The molecule has 3 rings (SSSR count). The second-order valence-electron chi connectivity index (χ2n) is 6.94. The maximum Gasteiger partial charge on any atom is 0.343 e. The Morgan fingerprint density at radius 1 is 1.06 bits per heavy atom. The molecule has 1 N–H and O–H groups in total. The van der Waals surface area contributed by atoms with E-state index in [4.69, 9.17) is 4.74 Å². The predicted octanol–water partition coefficient (Wildman–Crippen LogP) is 5.74. The van der Waals surface area contributed by atoms with Crippen LogP contribution in [0.1, 0.15) is 23.6 Å². The number of aromatic nitrogens is 1. The van der Waals surface area contributed by atoms with Crippen LogP contribution in [0.3, 0.4) is 0 Å². The molecule has 0 radical (unpaired) electrons. The van der Waals surface area contributed by atoms with E-state index in [9.17, 15) is 14.3 Å². The number of pyridine rings is 1. The number of rotatable bonds is 6. The molecule has 0 aliphatic rings. The van der Waals surface area contributed by atoms with Gasteiger partial charge in [-0.2, -0.15) is 0 Å². The number of hydrogen-bond acceptors (Lipinski definition) is 5. The van der Waals surface area contributed by atoms with E-state index >= 15 is 0 Å². The SMILES string of the molecule is CCOC(=O)/C(C=Nc1ccc(C)c(C)c1)=C(/O)c1ccc(-c2ccncc2)cc1F. The number of halogens is 1. The number of aryl methyl sites for hydroxylation is 2. The summed E-state index contributed by atoms with van der Waals surface area (Å²) in [6.07, 6.45) is 4.43. The van der Waals surface area contributed by atoms with Crippen molar-refractivity contribution in [1.82, 2.24) is 4.98 Å². The molecule has 2 aromatic carbocycles. The van der Waals surface area contributed by atoms with Gasteiger partial charge in [-0.1, -0.05) is 12.1 Å². The fourth-order valence-corrected chi connectivity index (χ4v) is 2.94. The van der Waals surface area contributed by atoms with Crippen LogP contribution in [0.4, 0.5) is 10.1 Å². The largest absolute Gasteiger partial charge is 0.506 e. The minimum atomic E-state index is -0.787. The van der Waals surface area contributed by atoms with Crippen molar-refractivity contribution in [1.29, 1.82) is 0 Å². The van der Waals surface area contributed by atoms with Crippen LogP contribution in [0.15, 0.2) is 71.5 Å². The molecule has 0 atom stereocenters. The molecule has 0 bridgehead atoms. The number of carbonyl (C=O) groups excluding carboxylic acids is 1. The molecule has 0 aliphatic heterocycles. The van der Waals surface area contributed by atoms with Gasteiger partial charge in [0.15, 0.2) is 0 Å². The van der Waals surface area contributed by atoms with E-state index in [1.165, 1.54) is 18.3 Å². The number of aliphatic hydroxyl groups excluding tert-OH is 1. The summed E-state index contributed by atoms with van der Waals surface area (Å²) in [5.74, 6) is -2.00. The van der Waals surface area contributed by atoms with E-state index in [1.54, 1.807) is 43.6 Å². The molecule has 1 aromatic heterocycles. The van der Waals surface area contributed by atoms with Gasteiger partial charge in [0.25, 0.3) is 0 Å². The molecular weight excluding hydrogens is 395 g/mol. The first-order chi connectivity index (χ1) is 14.9. The number of esters is 1. The first-order valence-corrected chi connectivity index (χ1v) is 9.82. The van der Waals surface area contributed by atoms with Crippen LogP contribution in [0.25, 0.3) is 16.9 Å². The Labute approximate surface area is 180 Å². The average molecular weight is 418 g/mol. The second kappa shape index (κ2) is 9.80. The highest BCUT2D eigenvalue weighted by Gasteiger charge is 2.19. The van der Waals surface area contributed by atoms with E-state index < -0.39 is 17.5 Å². The third-order valence-electron chi connectivity index (χ3n) is 4.82. The van der Waals surface area contributed by atoms with Gasteiger partial charge >= 0.3 is 5.97 Å². The third kappa shape index (κ3) is 5.22. The quantitative estimate of drug-likeness (QED) is 0.240. The molecule has 0 saturated heterocycles. The molecule has 1 heterocycles. The molecule has 0 spiro atoms. The first-order valence-electron chi connectivity index (χ1n) is 9.82. The summed E-state index contributed by atoms with van der Waals surface area (Å²) in [5, 5.41) is 10.7. The van der Waals surface area contributed by atoms with Crippen molar-refractivity contribution in [2.75, 3.05) is 6.61 Å². The molecule has 0 saturated carbocycles. The lowest BCUT2D eigenvalue weighted by molar-refractivity contribution is -0.137. The van der Waals surface area contributed by atoms with Gasteiger partial charge in [0.05, 0.1) is 17.9 Å². The van der Waals surface area contributed by atoms with Crippen molar-refractivity contribution in [2.45, 2.75) is 20.8 Å². The van der Waals surface area contributed by atoms with Crippen LogP contribution in [-0.4, -0.2) is 28.9 Å². The van der Waals surface area contributed by atoms with Crippen molar-refractivity contribution in [3.63, 3.8) is 0 Å². The summed E-state index contributed by atoms with van der Waals surface area (Å²) >= 11 is 0. The zero-order valence-electron chi connectivity index (χ0n) is 17.6. The van der Waals surface area contributed by atoms with Crippen LogP contribution in [0.5, 0.6) is 0 Å². The van der Waals surface area contributed by atoms with E-state index in [1.807, 2.05) is 26.0 Å². The van der Waals surface area contributed by atoms with Gasteiger partial charge in [-0.25, -0.2) is 9.18 Å². The van der Waals surface area contributed by atoms with E-state index in [2.05, 4.69) is 9.98 Å². The molecule has 31 heavy (non-hydrogen) atoms. The summed E-state index contributed by atoms with van der Waals surface area (Å²) in [6.45, 7) is 5.69. The van der Waals surface area contributed by atoms with Crippen LogP contribution in [0.2, 0.25) is 0 Å². The number of carbonyl (C=O) groups is 1. The zero-order chi connectivity index (χ0) is 22.4. The molecule has 0 aliphatic carbocycles. The van der Waals surface area contributed by atoms with Crippen molar-refractivity contribution >= 4 is 23.6 Å². The Kier molecular flexibility index (Phi) is 6.92. The summed E-state index contributed by atoms with van der Waals surface area (Å²) < 4.78 is 19.9. The standard InChI is InChI=1S/C25H23FN2O3/c1-4-31-25(30)22(15-28-20-7-5-16(2)17(3)13-20)24(29)21-8-6-19(14-23(21)26)18-9-11-27-12-10-18/h5-15,29H,4H2,1-3H3/b24-22+,28-15?. The smallest absolute Gasteiger partial charge is 0.343 e. The lowest BCUT2D eigenvalue weighted by atomic mass is 10.0. The summed E-state index contributed by atoms with van der Waals surface area (Å²) in [4.78, 5) is 20.7. The number of aliphatic imine (C=N–C) groups is 1. The monoisotopic (exact) mass is 418 g/mol. The van der Waals surface area contributed by atoms with Gasteiger partial charge < -0.3 is 9.84 Å². The lowest BCUT2D eigenvalue weighted by Crippen LogP contribution is -2.11. The summed E-state index contributed by atoms with van der Waals surface area (Å²) in [6, 6.07) is 13.4. The predicted molar refractivity (Wildman–Crippen MR) is 120 cm³/mol. The number of aliphatic hydroxyl groups is 1. The van der Waals surface area contributed by atoms with Gasteiger partial charge in [0.2, 0.25) is 0 Å². The Bertz CT molecular complexity index is 1150. The van der Waals surface area contributed by atoms with Crippen molar-refractivity contribution in [3.8, 4) is 11.1 Å². The average Bonchev–Trinajstić information content (AvgIpc) is 2.77. The molecule has 0 fully saturated rings. The molecule has 3 aromatic rings. The Morgan fingerprint density at radius 2 is 1.81 bits per heavy atom. The molecule has 5 nitrogen and oxygen atoms in total. The van der Waals surface area contributed by atoms with Crippen LogP contribution in [-0.2, 0) is 9.53 Å². The van der Waals surface area contributed by atoms with Crippen molar-refractivity contribution in [3.05, 3.63) is 89.0 Å². The normalized spacial score (nSPS) is 12.0. The highest BCUT2D eigenvalue weighted by molar-refractivity contribution is 6.15. The molecular formula is C25H23FN2O3. The lowest BCUT2D eigenvalue weighted by Gasteiger charge is -2.09. The number of hydrogen-bond donors (Lipinski definition) is 1. The molecule has 0 unspecified atom stereocenters. The van der Waals surface area contributed by atoms with E-state index in [0.29, 0.717) is 11.3 Å². The fourth-order valence-electron chi connectivity index (χ4n) is 2.94. The Hall–Kier alpha value is -3.80. The number of nitrogens with zero attached hydrogens (tertiary/aromatic N) is 2. The fraction of sp³-hybridized carbons (Fsp3) is 0.160. The summed E-state index contributed by atoms with van der Waals surface area (Å²) in [7, 11) is 0. The zero-order valence-corrected chi connectivity index (χ0v) is 17.6. The maximum absolute atomic E-state index is 14.8. The third-order valence-corrected chi connectivity index (χ3v) is 4.82.